The van der Waals surface area contributed by atoms with E-state index in [0.717, 1.165) is 6.92 Å². The number of alkyl halides is 3. The molecule has 0 saturated heterocycles. The highest BCUT2D eigenvalue weighted by Crippen LogP contribution is 2.32. The van der Waals surface area contributed by atoms with E-state index in [1.165, 1.54) is 24.3 Å². The fraction of sp³-hybridized carbons (Fsp3) is 0.500. The maximum absolute atomic E-state index is 13.1. The highest BCUT2D eigenvalue weighted by molar-refractivity contribution is 7.92. The molecule has 0 saturated carbocycles. The predicted molar refractivity (Wildman–Crippen MR) is 76.9 cm³/mol. The second kappa shape index (κ2) is 7.13. The number of sulfone groups is 1. The van der Waals surface area contributed by atoms with Gasteiger partial charge in [0.25, 0.3) is 0 Å². The largest absolute Gasteiger partial charge is 0.412 e. The Hall–Kier alpha value is -1.57. The van der Waals surface area contributed by atoms with E-state index in [1.807, 2.05) is 0 Å². The van der Waals surface area contributed by atoms with Crippen LogP contribution >= 0.6 is 0 Å². The van der Waals surface area contributed by atoms with E-state index in [-0.39, 0.29) is 11.3 Å². The summed E-state index contributed by atoms with van der Waals surface area (Å²) in [6, 6.07) is 4.59. The molecule has 1 amide bonds. The van der Waals surface area contributed by atoms with Crippen LogP contribution in [0.1, 0.15) is 31.9 Å². The van der Waals surface area contributed by atoms with Crippen molar-refractivity contribution in [1.82, 2.24) is 5.32 Å². The van der Waals surface area contributed by atoms with Gasteiger partial charge < -0.3 is 5.32 Å². The Balaban J connectivity index is 2.99. The highest BCUT2D eigenvalue weighted by atomic mass is 32.2. The van der Waals surface area contributed by atoms with Crippen LogP contribution in [0.25, 0.3) is 0 Å². The van der Waals surface area contributed by atoms with E-state index < -0.39 is 33.2 Å². The van der Waals surface area contributed by atoms with Crippen LogP contribution in [-0.4, -0.2) is 31.5 Å². The normalized spacial score (nSPS) is 15.1. The molecule has 0 spiro atoms. The number of rotatable bonds is 6. The SMILES string of the molecule is CCCS(=O)(=O)[C@H](C)C(=O)N[C@@H](c1ccccc1)C(F)(F)F. The van der Waals surface area contributed by atoms with Crippen molar-refractivity contribution in [3.05, 3.63) is 35.9 Å². The van der Waals surface area contributed by atoms with Crippen LogP contribution in [-0.2, 0) is 14.6 Å². The Morgan fingerprint density at radius 2 is 1.77 bits per heavy atom. The molecule has 2 atom stereocenters. The maximum atomic E-state index is 13.1. The molecular formula is C14H18F3NO3S. The number of hydrogen-bond donors (Lipinski definition) is 1. The summed E-state index contributed by atoms with van der Waals surface area (Å²) in [5.41, 5.74) is -0.150. The summed E-state index contributed by atoms with van der Waals surface area (Å²) in [7, 11) is -3.76. The third-order valence-electron chi connectivity index (χ3n) is 3.14. The Labute approximate surface area is 127 Å². The van der Waals surface area contributed by atoms with Crippen molar-refractivity contribution in [2.45, 2.75) is 37.7 Å². The summed E-state index contributed by atoms with van der Waals surface area (Å²) in [4.78, 5) is 11.9. The Kier molecular flexibility index (Phi) is 5.99. The number of carbonyl (C=O) groups excluding carboxylic acids is 1. The molecule has 1 rings (SSSR count). The van der Waals surface area contributed by atoms with Crippen LogP contribution in [0.2, 0.25) is 0 Å². The van der Waals surface area contributed by atoms with Crippen LogP contribution in [0.4, 0.5) is 13.2 Å². The van der Waals surface area contributed by atoms with Crippen LogP contribution in [0.3, 0.4) is 0 Å². The van der Waals surface area contributed by atoms with Crippen molar-refractivity contribution in [2.24, 2.45) is 0 Å². The van der Waals surface area contributed by atoms with Gasteiger partial charge >= 0.3 is 6.18 Å². The molecule has 0 fully saturated rings. The molecule has 1 aromatic carbocycles. The van der Waals surface area contributed by atoms with Gasteiger partial charge in [-0.15, -0.1) is 0 Å². The van der Waals surface area contributed by atoms with E-state index in [1.54, 1.807) is 18.3 Å². The van der Waals surface area contributed by atoms with Gasteiger partial charge in [0.1, 0.15) is 5.25 Å². The molecule has 0 aliphatic carbocycles. The summed E-state index contributed by atoms with van der Waals surface area (Å²) in [5, 5.41) is 0.268. The lowest BCUT2D eigenvalue weighted by molar-refractivity contribution is -0.163. The second-order valence-corrected chi connectivity index (χ2v) is 7.34. The van der Waals surface area contributed by atoms with Gasteiger partial charge in [-0.25, -0.2) is 8.42 Å². The molecule has 0 aromatic heterocycles. The number of nitrogens with one attached hydrogen (secondary N) is 1. The van der Waals surface area contributed by atoms with Crippen LogP contribution < -0.4 is 5.32 Å². The first kappa shape index (κ1) is 18.5. The predicted octanol–water partition coefficient (Wildman–Crippen LogP) is 2.62. The number of amides is 1. The summed E-state index contributed by atoms with van der Waals surface area (Å²) >= 11 is 0. The molecule has 0 unspecified atom stereocenters. The zero-order chi connectivity index (χ0) is 17.0. The lowest BCUT2D eigenvalue weighted by atomic mass is 10.1. The Bertz CT molecular complexity index is 600. The van der Waals surface area contributed by atoms with Crippen LogP contribution in [0.15, 0.2) is 30.3 Å². The Morgan fingerprint density at radius 3 is 2.23 bits per heavy atom. The van der Waals surface area contributed by atoms with Crippen molar-refractivity contribution in [3.63, 3.8) is 0 Å². The zero-order valence-electron chi connectivity index (χ0n) is 12.2. The molecule has 0 aliphatic heterocycles. The van der Waals surface area contributed by atoms with E-state index in [0.29, 0.717) is 6.42 Å². The van der Waals surface area contributed by atoms with Gasteiger partial charge in [0, 0.05) is 0 Å². The summed E-state index contributed by atoms with van der Waals surface area (Å²) in [6.45, 7) is 2.71. The fourth-order valence-corrected chi connectivity index (χ4v) is 3.20. The summed E-state index contributed by atoms with van der Waals surface area (Å²) in [5.74, 6) is -1.40. The van der Waals surface area contributed by atoms with Gasteiger partial charge in [-0.05, 0) is 18.9 Å². The second-order valence-electron chi connectivity index (χ2n) is 4.90. The minimum Gasteiger partial charge on any atom is -0.340 e. The Morgan fingerprint density at radius 1 is 1.23 bits per heavy atom. The van der Waals surface area contributed by atoms with Gasteiger partial charge in [-0.2, -0.15) is 13.2 Å². The molecule has 124 valence electrons. The molecule has 22 heavy (non-hydrogen) atoms. The molecule has 4 nitrogen and oxygen atoms in total. The number of benzene rings is 1. The third kappa shape index (κ3) is 4.72. The number of halogens is 3. The molecular weight excluding hydrogens is 319 g/mol. The fourth-order valence-electron chi connectivity index (χ4n) is 1.88. The van der Waals surface area contributed by atoms with E-state index in [2.05, 4.69) is 0 Å². The van der Waals surface area contributed by atoms with Crippen molar-refractivity contribution in [2.75, 3.05) is 5.75 Å². The molecule has 0 aliphatic rings. The van der Waals surface area contributed by atoms with Crippen molar-refractivity contribution >= 4 is 15.7 Å². The van der Waals surface area contributed by atoms with Gasteiger partial charge in [0.15, 0.2) is 15.9 Å². The average molecular weight is 337 g/mol. The first-order chi connectivity index (χ1) is 10.1. The summed E-state index contributed by atoms with van der Waals surface area (Å²) in [6.07, 6.45) is -4.42. The van der Waals surface area contributed by atoms with Crippen molar-refractivity contribution in [1.29, 1.82) is 0 Å². The maximum Gasteiger partial charge on any atom is 0.412 e. The molecule has 0 bridgehead atoms. The van der Waals surface area contributed by atoms with E-state index in [4.69, 9.17) is 0 Å². The first-order valence-electron chi connectivity index (χ1n) is 6.73. The molecule has 0 radical (unpaired) electrons. The quantitative estimate of drug-likeness (QED) is 0.868. The first-order valence-corrected chi connectivity index (χ1v) is 8.44. The minimum absolute atomic E-state index is 0.150. The van der Waals surface area contributed by atoms with Gasteiger partial charge in [0.2, 0.25) is 5.91 Å². The molecule has 0 heterocycles. The van der Waals surface area contributed by atoms with E-state index >= 15 is 0 Å². The summed E-state index contributed by atoms with van der Waals surface area (Å²) < 4.78 is 62.9. The zero-order valence-corrected chi connectivity index (χ0v) is 13.0. The van der Waals surface area contributed by atoms with Crippen molar-refractivity contribution < 1.29 is 26.4 Å². The van der Waals surface area contributed by atoms with Crippen LogP contribution in [0, 0.1) is 0 Å². The number of hydrogen-bond acceptors (Lipinski definition) is 3. The van der Waals surface area contributed by atoms with Gasteiger partial charge in [0.05, 0.1) is 5.75 Å². The van der Waals surface area contributed by atoms with Gasteiger partial charge in [-0.1, -0.05) is 37.3 Å². The monoisotopic (exact) mass is 337 g/mol. The number of carbonyl (C=O) groups is 1. The van der Waals surface area contributed by atoms with Crippen LogP contribution in [0.5, 0.6) is 0 Å². The van der Waals surface area contributed by atoms with Crippen molar-refractivity contribution in [3.8, 4) is 0 Å². The lowest BCUT2D eigenvalue weighted by Crippen LogP contribution is -2.45. The molecule has 8 heteroatoms. The molecule has 1 aromatic rings. The standard InChI is InChI=1S/C14H18F3NO3S/c1-3-9-22(20,21)10(2)13(19)18-12(14(15,16)17)11-7-5-4-6-8-11/h4-8,10,12H,3,9H2,1-2H3,(H,18,19)/t10-,12+/m1/s1. The average Bonchev–Trinajstić information content (AvgIpc) is 2.43. The smallest absolute Gasteiger partial charge is 0.340 e. The molecule has 1 N–H and O–H groups in total. The highest BCUT2D eigenvalue weighted by Gasteiger charge is 2.43. The third-order valence-corrected chi connectivity index (χ3v) is 5.41. The minimum atomic E-state index is -4.72. The lowest BCUT2D eigenvalue weighted by Gasteiger charge is -2.23. The van der Waals surface area contributed by atoms with E-state index in [9.17, 15) is 26.4 Å². The van der Waals surface area contributed by atoms with Gasteiger partial charge in [-0.3, -0.25) is 4.79 Å². The topological polar surface area (TPSA) is 63.2 Å².